The van der Waals surface area contributed by atoms with E-state index in [1.54, 1.807) is 61.5 Å². The number of hydrogen-bond acceptors (Lipinski definition) is 6. The molecule has 0 aliphatic rings. The number of carbonyl (C=O) groups excluding carboxylic acids is 3. The SMILES string of the molecule is CCOC(=O)C(C)C/C(=C/CNC(=O)OC(C)(C)C)CNC(=O)OC(C)(C)C. The Bertz CT molecular complexity index is 558. The lowest BCUT2D eigenvalue weighted by Crippen LogP contribution is -2.34. The highest BCUT2D eigenvalue weighted by Crippen LogP contribution is 2.13. The topological polar surface area (TPSA) is 103 Å². The van der Waals surface area contributed by atoms with Gasteiger partial charge < -0.3 is 24.8 Å². The monoisotopic (exact) mass is 400 g/mol. The second kappa shape index (κ2) is 11.6. The summed E-state index contributed by atoms with van der Waals surface area (Å²) in [5.41, 5.74) is -0.430. The molecule has 0 aliphatic heterocycles. The minimum Gasteiger partial charge on any atom is -0.466 e. The second-order valence-electron chi connectivity index (χ2n) is 8.46. The van der Waals surface area contributed by atoms with Gasteiger partial charge in [-0.3, -0.25) is 4.79 Å². The fourth-order valence-corrected chi connectivity index (χ4v) is 2.08. The van der Waals surface area contributed by atoms with E-state index in [0.29, 0.717) is 13.0 Å². The van der Waals surface area contributed by atoms with Crippen molar-refractivity contribution in [1.29, 1.82) is 0 Å². The zero-order valence-electron chi connectivity index (χ0n) is 18.4. The summed E-state index contributed by atoms with van der Waals surface area (Å²) in [5.74, 6) is -0.695. The number of ether oxygens (including phenoxy) is 3. The quantitative estimate of drug-likeness (QED) is 0.367. The molecule has 0 bridgehead atoms. The van der Waals surface area contributed by atoms with Crippen molar-refractivity contribution in [2.75, 3.05) is 19.7 Å². The predicted molar refractivity (Wildman–Crippen MR) is 107 cm³/mol. The van der Waals surface area contributed by atoms with E-state index < -0.39 is 23.4 Å². The fraction of sp³-hybridized carbons (Fsp3) is 0.750. The van der Waals surface area contributed by atoms with Gasteiger partial charge in [0, 0.05) is 13.1 Å². The molecule has 0 spiro atoms. The van der Waals surface area contributed by atoms with Gasteiger partial charge in [-0.15, -0.1) is 0 Å². The Kier molecular flexibility index (Phi) is 10.6. The van der Waals surface area contributed by atoms with Crippen molar-refractivity contribution in [3.63, 3.8) is 0 Å². The summed E-state index contributed by atoms with van der Waals surface area (Å²) in [6, 6.07) is 0. The number of hydrogen-bond donors (Lipinski definition) is 2. The summed E-state index contributed by atoms with van der Waals surface area (Å²) >= 11 is 0. The van der Waals surface area contributed by atoms with Crippen molar-refractivity contribution in [2.24, 2.45) is 5.92 Å². The number of nitrogens with one attached hydrogen (secondary N) is 2. The van der Waals surface area contributed by atoms with Gasteiger partial charge in [0.15, 0.2) is 0 Å². The zero-order chi connectivity index (χ0) is 22.0. The van der Waals surface area contributed by atoms with Crippen molar-refractivity contribution >= 4 is 18.2 Å². The van der Waals surface area contributed by atoms with Gasteiger partial charge in [0.1, 0.15) is 11.2 Å². The van der Waals surface area contributed by atoms with Crippen LogP contribution in [-0.4, -0.2) is 49.1 Å². The van der Waals surface area contributed by atoms with Crippen molar-refractivity contribution in [3.8, 4) is 0 Å². The molecule has 0 rings (SSSR count). The number of alkyl carbamates (subject to hydrolysis) is 2. The van der Waals surface area contributed by atoms with E-state index in [2.05, 4.69) is 10.6 Å². The second-order valence-corrected chi connectivity index (χ2v) is 8.46. The van der Waals surface area contributed by atoms with Gasteiger partial charge >= 0.3 is 18.2 Å². The highest BCUT2D eigenvalue weighted by molar-refractivity contribution is 5.72. The number of esters is 1. The summed E-state index contributed by atoms with van der Waals surface area (Å²) in [7, 11) is 0. The van der Waals surface area contributed by atoms with Crippen molar-refractivity contribution < 1.29 is 28.6 Å². The third kappa shape index (κ3) is 13.9. The lowest BCUT2D eigenvalue weighted by atomic mass is 10.0. The third-order valence-electron chi connectivity index (χ3n) is 3.15. The first-order valence-electron chi connectivity index (χ1n) is 9.51. The largest absolute Gasteiger partial charge is 0.466 e. The van der Waals surface area contributed by atoms with Gasteiger partial charge in [0.2, 0.25) is 0 Å². The molecule has 0 radical (unpaired) electrons. The van der Waals surface area contributed by atoms with Gasteiger partial charge in [0.05, 0.1) is 12.5 Å². The van der Waals surface area contributed by atoms with Crippen LogP contribution in [0.2, 0.25) is 0 Å². The van der Waals surface area contributed by atoms with Crippen LogP contribution in [0.15, 0.2) is 11.6 Å². The molecule has 0 heterocycles. The number of amides is 2. The minimum absolute atomic E-state index is 0.189. The molecule has 0 aromatic carbocycles. The van der Waals surface area contributed by atoms with E-state index in [1.165, 1.54) is 0 Å². The van der Waals surface area contributed by atoms with E-state index in [-0.39, 0.29) is 25.0 Å². The van der Waals surface area contributed by atoms with Gasteiger partial charge in [-0.2, -0.15) is 0 Å². The molecule has 1 unspecified atom stereocenters. The molecule has 8 nitrogen and oxygen atoms in total. The van der Waals surface area contributed by atoms with Gasteiger partial charge in [-0.05, 0) is 54.9 Å². The maximum absolute atomic E-state index is 11.9. The van der Waals surface area contributed by atoms with Crippen LogP contribution >= 0.6 is 0 Å². The van der Waals surface area contributed by atoms with E-state index in [9.17, 15) is 14.4 Å². The first kappa shape index (κ1) is 25.8. The average Bonchev–Trinajstić information content (AvgIpc) is 2.49. The molecule has 0 aliphatic carbocycles. The smallest absolute Gasteiger partial charge is 0.407 e. The molecule has 1 atom stereocenters. The highest BCUT2D eigenvalue weighted by atomic mass is 16.6. The van der Waals surface area contributed by atoms with Crippen molar-refractivity contribution in [2.45, 2.75) is 73.0 Å². The van der Waals surface area contributed by atoms with Crippen LogP contribution in [0.25, 0.3) is 0 Å². The van der Waals surface area contributed by atoms with Crippen LogP contribution in [0.5, 0.6) is 0 Å². The summed E-state index contributed by atoms with van der Waals surface area (Å²) < 4.78 is 15.4. The molecule has 0 aromatic heterocycles. The predicted octanol–water partition coefficient (Wildman–Crippen LogP) is 3.55. The Balaban J connectivity index is 4.89. The Labute approximate surface area is 168 Å². The lowest BCUT2D eigenvalue weighted by molar-refractivity contribution is -0.147. The lowest BCUT2D eigenvalue weighted by Gasteiger charge is -2.21. The van der Waals surface area contributed by atoms with Gasteiger partial charge in [-0.1, -0.05) is 18.6 Å². The summed E-state index contributed by atoms with van der Waals surface area (Å²) in [6.45, 7) is 14.9. The highest BCUT2D eigenvalue weighted by Gasteiger charge is 2.19. The van der Waals surface area contributed by atoms with E-state index in [4.69, 9.17) is 14.2 Å². The van der Waals surface area contributed by atoms with Crippen LogP contribution < -0.4 is 10.6 Å². The molecule has 0 saturated carbocycles. The molecule has 8 heteroatoms. The summed E-state index contributed by atoms with van der Waals surface area (Å²) in [6.07, 6.45) is 1.03. The molecule has 28 heavy (non-hydrogen) atoms. The zero-order valence-corrected chi connectivity index (χ0v) is 18.4. The van der Waals surface area contributed by atoms with Gasteiger partial charge in [0.25, 0.3) is 0 Å². The van der Waals surface area contributed by atoms with Gasteiger partial charge in [-0.25, -0.2) is 9.59 Å². The minimum atomic E-state index is -0.607. The molecular weight excluding hydrogens is 364 g/mol. The number of rotatable bonds is 8. The molecule has 0 saturated heterocycles. The van der Waals surface area contributed by atoms with Crippen LogP contribution in [0, 0.1) is 5.92 Å². The van der Waals surface area contributed by atoms with E-state index in [1.807, 2.05) is 0 Å². The average molecular weight is 401 g/mol. The Hall–Kier alpha value is -2.25. The fourth-order valence-electron chi connectivity index (χ4n) is 2.08. The molecule has 2 amide bonds. The molecule has 2 N–H and O–H groups in total. The Morgan fingerprint density at radius 2 is 1.43 bits per heavy atom. The van der Waals surface area contributed by atoms with Crippen molar-refractivity contribution in [1.82, 2.24) is 10.6 Å². The van der Waals surface area contributed by atoms with Crippen molar-refractivity contribution in [3.05, 3.63) is 11.6 Å². The molecular formula is C20H36N2O6. The third-order valence-corrected chi connectivity index (χ3v) is 3.15. The molecule has 162 valence electrons. The maximum atomic E-state index is 11.9. The normalized spacial score (nSPS) is 13.4. The maximum Gasteiger partial charge on any atom is 0.407 e. The first-order valence-corrected chi connectivity index (χ1v) is 9.51. The summed E-state index contributed by atoms with van der Waals surface area (Å²) in [5, 5.41) is 5.29. The van der Waals surface area contributed by atoms with Crippen LogP contribution in [0.1, 0.15) is 61.8 Å². The van der Waals surface area contributed by atoms with Crippen LogP contribution in [-0.2, 0) is 19.0 Å². The molecule has 0 aromatic rings. The first-order chi connectivity index (χ1) is 12.7. The summed E-state index contributed by atoms with van der Waals surface area (Å²) in [4.78, 5) is 35.5. The van der Waals surface area contributed by atoms with E-state index in [0.717, 1.165) is 5.57 Å². The van der Waals surface area contributed by atoms with E-state index >= 15 is 0 Å². The Morgan fingerprint density at radius 1 is 0.929 bits per heavy atom. The Morgan fingerprint density at radius 3 is 1.89 bits per heavy atom. The van der Waals surface area contributed by atoms with Crippen LogP contribution in [0.4, 0.5) is 9.59 Å². The molecule has 0 fully saturated rings. The standard InChI is InChI=1S/C20H36N2O6/c1-9-26-16(23)14(2)12-15(13-22-18(25)28-20(6,7)8)10-11-21-17(24)27-19(3,4)5/h10,14H,9,11-13H2,1-8H3,(H,21,24)(H,22,25)/b15-10-. The number of carbonyl (C=O) groups is 3. The van der Waals surface area contributed by atoms with Crippen LogP contribution in [0.3, 0.4) is 0 Å².